The molecular weight excluding hydrogens is 302 g/mol. The normalized spacial score (nSPS) is 13.1. The van der Waals surface area contributed by atoms with E-state index < -0.39 is 29.9 Å². The van der Waals surface area contributed by atoms with E-state index in [1.165, 1.54) is 0 Å². The predicted molar refractivity (Wildman–Crippen MR) is 81.4 cm³/mol. The van der Waals surface area contributed by atoms with E-state index in [2.05, 4.69) is 0 Å². The molecule has 126 valence electrons. The molecule has 0 aliphatic rings. The first-order chi connectivity index (χ1) is 10.9. The van der Waals surface area contributed by atoms with E-state index in [0.717, 1.165) is 5.56 Å². The fourth-order valence-corrected chi connectivity index (χ4v) is 2.01. The van der Waals surface area contributed by atoms with Gasteiger partial charge in [0.05, 0.1) is 0 Å². The van der Waals surface area contributed by atoms with Gasteiger partial charge >= 0.3 is 17.9 Å². The number of carboxylic acids is 2. The summed E-state index contributed by atoms with van der Waals surface area (Å²) in [5.74, 6) is -4.38. The van der Waals surface area contributed by atoms with Crippen LogP contribution in [0.5, 0.6) is 0 Å². The van der Waals surface area contributed by atoms with Crippen LogP contribution in [0.4, 0.5) is 0 Å². The number of rotatable bonds is 10. The van der Waals surface area contributed by atoms with Crippen molar-refractivity contribution in [3.8, 4) is 0 Å². The van der Waals surface area contributed by atoms with Gasteiger partial charge in [-0.2, -0.15) is 0 Å². The van der Waals surface area contributed by atoms with Gasteiger partial charge in [-0.15, -0.1) is 0 Å². The van der Waals surface area contributed by atoms with E-state index in [9.17, 15) is 14.4 Å². The van der Waals surface area contributed by atoms with Gasteiger partial charge in [-0.05, 0) is 18.4 Å². The molecule has 0 saturated carbocycles. The van der Waals surface area contributed by atoms with Crippen LogP contribution in [0, 0.1) is 5.92 Å². The number of hydrogen-bond acceptors (Lipinski definition) is 5. The average Bonchev–Trinajstić information content (AvgIpc) is 2.52. The molecule has 0 aliphatic carbocycles. The molecule has 23 heavy (non-hydrogen) atoms. The highest BCUT2D eigenvalue weighted by molar-refractivity contribution is 5.93. The molecule has 0 aromatic heterocycles. The first-order valence-corrected chi connectivity index (χ1v) is 7.33. The number of carbonyl (C=O) groups is 3. The third kappa shape index (κ3) is 6.92. The molecule has 0 heterocycles. The highest BCUT2D eigenvalue weighted by Crippen LogP contribution is 2.14. The average molecular weight is 323 g/mol. The van der Waals surface area contributed by atoms with Crippen LogP contribution in [0.25, 0.3) is 0 Å². The van der Waals surface area contributed by atoms with Crippen molar-refractivity contribution in [2.45, 2.75) is 38.3 Å². The van der Waals surface area contributed by atoms with E-state index in [1.807, 2.05) is 6.07 Å². The quantitative estimate of drug-likeness (QED) is 0.337. The molecular formula is C16H21NO6. The second-order valence-electron chi connectivity index (χ2n) is 5.21. The highest BCUT2D eigenvalue weighted by Gasteiger charge is 2.27. The number of nitrogens with two attached hydrogens (primary N) is 1. The Morgan fingerprint density at radius 2 is 1.61 bits per heavy atom. The maximum absolute atomic E-state index is 11.9. The SMILES string of the molecule is NC(CCCCC(C(=O)O)C(=O)OCc1ccccc1)C(=O)O. The smallest absolute Gasteiger partial charge is 0.320 e. The van der Waals surface area contributed by atoms with Crippen molar-refractivity contribution in [3.63, 3.8) is 0 Å². The van der Waals surface area contributed by atoms with Gasteiger partial charge in [-0.3, -0.25) is 14.4 Å². The summed E-state index contributed by atoms with van der Waals surface area (Å²) in [6, 6.07) is 8.00. The summed E-state index contributed by atoms with van der Waals surface area (Å²) in [6.07, 6.45) is 1.15. The molecule has 0 radical (unpaired) electrons. The Morgan fingerprint density at radius 1 is 1.00 bits per heavy atom. The Morgan fingerprint density at radius 3 is 2.17 bits per heavy atom. The molecule has 0 spiro atoms. The zero-order valence-corrected chi connectivity index (χ0v) is 12.7. The second kappa shape index (κ2) is 9.58. The molecule has 0 aliphatic heterocycles. The minimum Gasteiger partial charge on any atom is -0.481 e. The summed E-state index contributed by atoms with van der Waals surface area (Å²) in [4.78, 5) is 33.6. The van der Waals surface area contributed by atoms with Crippen LogP contribution >= 0.6 is 0 Å². The summed E-state index contributed by atoms with van der Waals surface area (Å²) in [5.41, 5.74) is 6.13. The molecule has 7 nitrogen and oxygen atoms in total. The van der Waals surface area contributed by atoms with Gasteiger partial charge in [0.15, 0.2) is 5.92 Å². The van der Waals surface area contributed by atoms with Gasteiger partial charge in [0.25, 0.3) is 0 Å². The minimum absolute atomic E-state index is 0.0212. The summed E-state index contributed by atoms with van der Waals surface area (Å²) >= 11 is 0. The summed E-state index contributed by atoms with van der Waals surface area (Å²) in [5, 5.41) is 17.8. The monoisotopic (exact) mass is 323 g/mol. The van der Waals surface area contributed by atoms with E-state index in [4.69, 9.17) is 20.7 Å². The van der Waals surface area contributed by atoms with Crippen LogP contribution in [0.1, 0.15) is 31.2 Å². The van der Waals surface area contributed by atoms with Crippen molar-refractivity contribution in [2.24, 2.45) is 11.7 Å². The van der Waals surface area contributed by atoms with Crippen LogP contribution in [-0.2, 0) is 25.7 Å². The Bertz CT molecular complexity index is 531. The van der Waals surface area contributed by atoms with Crippen molar-refractivity contribution < 1.29 is 29.3 Å². The van der Waals surface area contributed by atoms with Crippen molar-refractivity contribution in [3.05, 3.63) is 35.9 Å². The van der Waals surface area contributed by atoms with Crippen LogP contribution < -0.4 is 5.73 Å². The van der Waals surface area contributed by atoms with Gasteiger partial charge in [-0.1, -0.05) is 43.2 Å². The first-order valence-electron chi connectivity index (χ1n) is 7.33. The highest BCUT2D eigenvalue weighted by atomic mass is 16.5. The predicted octanol–water partition coefficient (Wildman–Crippen LogP) is 1.40. The molecule has 2 atom stereocenters. The number of ether oxygens (including phenoxy) is 1. The minimum atomic E-state index is -1.25. The molecule has 1 rings (SSSR count). The van der Waals surface area contributed by atoms with E-state index in [0.29, 0.717) is 12.8 Å². The molecule has 1 aromatic rings. The molecule has 0 amide bonds. The van der Waals surface area contributed by atoms with Crippen LogP contribution in [0.2, 0.25) is 0 Å². The number of unbranched alkanes of at least 4 members (excludes halogenated alkanes) is 1. The number of esters is 1. The summed E-state index contributed by atoms with van der Waals surface area (Å²) in [6.45, 7) is 0.0212. The standard InChI is InChI=1S/C16H21NO6/c17-13(15(20)21)9-5-4-8-12(14(18)19)16(22)23-10-11-6-2-1-3-7-11/h1-3,6-7,12-13H,4-5,8-10,17H2,(H,18,19)(H,20,21). The molecule has 2 unspecified atom stereocenters. The van der Waals surface area contributed by atoms with E-state index in [1.54, 1.807) is 24.3 Å². The van der Waals surface area contributed by atoms with Gasteiger partial charge in [0, 0.05) is 0 Å². The molecule has 1 aromatic carbocycles. The van der Waals surface area contributed by atoms with Gasteiger partial charge < -0.3 is 20.7 Å². The van der Waals surface area contributed by atoms with Crippen LogP contribution in [0.15, 0.2) is 30.3 Å². The number of hydrogen-bond donors (Lipinski definition) is 3. The Kier molecular flexibility index (Phi) is 7.76. The maximum atomic E-state index is 11.9. The lowest BCUT2D eigenvalue weighted by Crippen LogP contribution is -2.30. The van der Waals surface area contributed by atoms with Gasteiger partial charge in [0.2, 0.25) is 0 Å². The lowest BCUT2D eigenvalue weighted by Gasteiger charge is -2.12. The van der Waals surface area contributed by atoms with Gasteiger partial charge in [0.1, 0.15) is 12.6 Å². The fraction of sp³-hybridized carbons (Fsp3) is 0.438. The Hall–Kier alpha value is -2.41. The third-order valence-corrected chi connectivity index (χ3v) is 3.38. The molecule has 0 bridgehead atoms. The first kappa shape index (κ1) is 18.6. The van der Waals surface area contributed by atoms with E-state index in [-0.39, 0.29) is 19.4 Å². The molecule has 0 fully saturated rings. The lowest BCUT2D eigenvalue weighted by molar-refractivity contribution is -0.160. The molecule has 7 heteroatoms. The van der Waals surface area contributed by atoms with Crippen LogP contribution in [0.3, 0.4) is 0 Å². The lowest BCUT2D eigenvalue weighted by atomic mass is 10.00. The van der Waals surface area contributed by atoms with Crippen LogP contribution in [-0.4, -0.2) is 34.2 Å². The third-order valence-electron chi connectivity index (χ3n) is 3.38. The summed E-state index contributed by atoms with van der Waals surface area (Å²) < 4.78 is 5.03. The summed E-state index contributed by atoms with van der Waals surface area (Å²) in [7, 11) is 0. The fourth-order valence-electron chi connectivity index (χ4n) is 2.01. The molecule has 4 N–H and O–H groups in total. The van der Waals surface area contributed by atoms with Gasteiger partial charge in [-0.25, -0.2) is 0 Å². The largest absolute Gasteiger partial charge is 0.481 e. The topological polar surface area (TPSA) is 127 Å². The maximum Gasteiger partial charge on any atom is 0.320 e. The Balaban J connectivity index is 2.40. The zero-order valence-electron chi connectivity index (χ0n) is 12.7. The second-order valence-corrected chi connectivity index (χ2v) is 5.21. The Labute approximate surface area is 134 Å². The van der Waals surface area contributed by atoms with Crippen molar-refractivity contribution >= 4 is 17.9 Å². The number of benzene rings is 1. The molecule has 0 saturated heterocycles. The number of aliphatic carboxylic acids is 2. The van der Waals surface area contributed by atoms with E-state index >= 15 is 0 Å². The zero-order chi connectivity index (χ0) is 17.2. The number of carbonyl (C=O) groups excluding carboxylic acids is 1. The number of carboxylic acid groups (broad SMARTS) is 2. The van der Waals surface area contributed by atoms with Crippen molar-refractivity contribution in [1.82, 2.24) is 0 Å². The van der Waals surface area contributed by atoms with Crippen molar-refractivity contribution in [2.75, 3.05) is 0 Å². The van der Waals surface area contributed by atoms with Crippen molar-refractivity contribution in [1.29, 1.82) is 0 Å².